The van der Waals surface area contributed by atoms with Crippen molar-refractivity contribution < 1.29 is 0 Å². The molecule has 1 N–H and O–H groups in total. The molecule has 96 valence electrons. The third-order valence-corrected chi connectivity index (χ3v) is 3.54. The van der Waals surface area contributed by atoms with Gasteiger partial charge in [0, 0.05) is 25.5 Å². The van der Waals surface area contributed by atoms with E-state index in [0.29, 0.717) is 11.9 Å². The predicted molar refractivity (Wildman–Crippen MR) is 75.7 cm³/mol. The van der Waals surface area contributed by atoms with Crippen molar-refractivity contribution in [1.29, 1.82) is 0 Å². The summed E-state index contributed by atoms with van der Waals surface area (Å²) in [5, 5.41) is 5.14. The van der Waals surface area contributed by atoms with Crippen molar-refractivity contribution >= 4 is 34.8 Å². The highest BCUT2D eigenvalue weighted by Gasteiger charge is 2.08. The first-order chi connectivity index (χ1) is 8.69. The van der Waals surface area contributed by atoms with Crippen LogP contribution in [0.2, 0.25) is 5.28 Å². The first-order valence-corrected chi connectivity index (χ1v) is 6.77. The third-order valence-electron chi connectivity index (χ3n) is 2.44. The molecular formula is C11H14ClN5S. The molecule has 0 atom stereocenters. The molecule has 2 rings (SSSR count). The van der Waals surface area contributed by atoms with Crippen molar-refractivity contribution in [3.63, 3.8) is 0 Å². The maximum Gasteiger partial charge on any atom is 0.231 e. The van der Waals surface area contributed by atoms with Gasteiger partial charge in [0.2, 0.25) is 17.2 Å². The Hall–Kier alpha value is -1.40. The summed E-state index contributed by atoms with van der Waals surface area (Å²) < 4.78 is 0. The van der Waals surface area contributed by atoms with Crippen LogP contribution < -0.4 is 10.2 Å². The van der Waals surface area contributed by atoms with Gasteiger partial charge >= 0.3 is 0 Å². The summed E-state index contributed by atoms with van der Waals surface area (Å²) in [4.78, 5) is 15.6. The van der Waals surface area contributed by atoms with E-state index in [1.165, 1.54) is 4.88 Å². The molecule has 18 heavy (non-hydrogen) atoms. The van der Waals surface area contributed by atoms with E-state index in [2.05, 4.69) is 37.8 Å². The SMILES string of the molecule is CNc1nc(Cl)nc(N(C)CCc2cccs2)n1. The van der Waals surface area contributed by atoms with Crippen LogP contribution >= 0.6 is 22.9 Å². The molecule has 0 saturated carbocycles. The van der Waals surface area contributed by atoms with E-state index in [1.54, 1.807) is 18.4 Å². The molecule has 0 unspecified atom stereocenters. The monoisotopic (exact) mass is 283 g/mol. The maximum absolute atomic E-state index is 5.85. The van der Waals surface area contributed by atoms with Gasteiger partial charge in [-0.3, -0.25) is 0 Å². The normalized spacial score (nSPS) is 10.4. The zero-order valence-electron chi connectivity index (χ0n) is 10.2. The third kappa shape index (κ3) is 3.30. The van der Waals surface area contributed by atoms with Crippen LogP contribution in [0.25, 0.3) is 0 Å². The first kappa shape index (κ1) is 13.0. The van der Waals surface area contributed by atoms with Gasteiger partial charge < -0.3 is 10.2 Å². The van der Waals surface area contributed by atoms with E-state index in [9.17, 15) is 0 Å². The highest BCUT2D eigenvalue weighted by molar-refractivity contribution is 7.09. The van der Waals surface area contributed by atoms with Gasteiger partial charge in [0.05, 0.1) is 0 Å². The molecule has 0 aliphatic rings. The molecule has 2 aromatic rings. The lowest BCUT2D eigenvalue weighted by molar-refractivity contribution is 0.836. The van der Waals surface area contributed by atoms with Crippen molar-refractivity contribution in [2.45, 2.75) is 6.42 Å². The van der Waals surface area contributed by atoms with Gasteiger partial charge in [-0.05, 0) is 29.5 Å². The van der Waals surface area contributed by atoms with Gasteiger partial charge in [-0.25, -0.2) is 0 Å². The molecule has 0 aromatic carbocycles. The largest absolute Gasteiger partial charge is 0.357 e. The van der Waals surface area contributed by atoms with Crippen molar-refractivity contribution in [2.24, 2.45) is 0 Å². The number of halogens is 1. The minimum Gasteiger partial charge on any atom is -0.357 e. The van der Waals surface area contributed by atoms with E-state index in [-0.39, 0.29) is 5.28 Å². The second kappa shape index (κ2) is 5.97. The number of thiophene rings is 1. The predicted octanol–water partition coefficient (Wildman–Crippen LogP) is 2.31. The van der Waals surface area contributed by atoms with Gasteiger partial charge in [-0.15, -0.1) is 11.3 Å². The van der Waals surface area contributed by atoms with Gasteiger partial charge in [-0.1, -0.05) is 6.07 Å². The van der Waals surface area contributed by atoms with Crippen LogP contribution in [0.4, 0.5) is 11.9 Å². The molecular weight excluding hydrogens is 270 g/mol. The summed E-state index contributed by atoms with van der Waals surface area (Å²) in [5.74, 6) is 1.06. The zero-order chi connectivity index (χ0) is 13.0. The second-order valence-electron chi connectivity index (χ2n) is 3.73. The molecule has 0 bridgehead atoms. The Labute approximate surface area is 115 Å². The number of likely N-dealkylation sites (N-methyl/N-ethyl adjacent to an activating group) is 1. The minimum atomic E-state index is 0.201. The minimum absolute atomic E-state index is 0.201. The van der Waals surface area contributed by atoms with Crippen LogP contribution in [0.15, 0.2) is 17.5 Å². The average Bonchev–Trinajstić information content (AvgIpc) is 2.88. The topological polar surface area (TPSA) is 53.9 Å². The number of anilines is 2. The number of aromatic nitrogens is 3. The highest BCUT2D eigenvalue weighted by atomic mass is 35.5. The Morgan fingerprint density at radius 1 is 1.39 bits per heavy atom. The highest BCUT2D eigenvalue weighted by Crippen LogP contribution is 2.14. The number of rotatable bonds is 5. The smallest absolute Gasteiger partial charge is 0.231 e. The van der Waals surface area contributed by atoms with Gasteiger partial charge in [0.1, 0.15) is 0 Å². The van der Waals surface area contributed by atoms with Crippen LogP contribution in [0.1, 0.15) is 4.88 Å². The average molecular weight is 284 g/mol. The van der Waals surface area contributed by atoms with Crippen molar-refractivity contribution in [3.8, 4) is 0 Å². The zero-order valence-corrected chi connectivity index (χ0v) is 11.8. The molecule has 2 heterocycles. The van der Waals surface area contributed by atoms with E-state index in [0.717, 1.165) is 13.0 Å². The molecule has 0 saturated heterocycles. The van der Waals surface area contributed by atoms with Gasteiger partial charge in [-0.2, -0.15) is 15.0 Å². The summed E-state index contributed by atoms with van der Waals surface area (Å²) in [6.07, 6.45) is 0.965. The fraction of sp³-hybridized carbons (Fsp3) is 0.364. The number of nitrogens with zero attached hydrogens (tertiary/aromatic N) is 4. The van der Waals surface area contributed by atoms with Crippen LogP contribution in [-0.2, 0) is 6.42 Å². The molecule has 0 spiro atoms. The summed E-state index contributed by atoms with van der Waals surface area (Å²) in [6, 6.07) is 4.18. The summed E-state index contributed by atoms with van der Waals surface area (Å²) in [5.41, 5.74) is 0. The molecule has 0 aliphatic carbocycles. The standard InChI is InChI=1S/C11H14ClN5S/c1-13-10-14-9(12)15-11(16-10)17(2)6-5-8-4-3-7-18-8/h3-4,7H,5-6H2,1-2H3,(H,13,14,15,16). The number of hydrogen-bond donors (Lipinski definition) is 1. The van der Waals surface area contributed by atoms with Gasteiger partial charge in [0.25, 0.3) is 0 Å². The van der Waals surface area contributed by atoms with Crippen molar-refractivity contribution in [1.82, 2.24) is 15.0 Å². The van der Waals surface area contributed by atoms with Crippen LogP contribution in [0, 0.1) is 0 Å². The maximum atomic E-state index is 5.85. The van der Waals surface area contributed by atoms with E-state index in [4.69, 9.17) is 11.6 Å². The molecule has 7 heteroatoms. The van der Waals surface area contributed by atoms with Crippen molar-refractivity contribution in [2.75, 3.05) is 30.9 Å². The van der Waals surface area contributed by atoms with E-state index in [1.807, 2.05) is 11.9 Å². The Kier molecular flexibility index (Phi) is 4.33. The molecule has 0 amide bonds. The van der Waals surface area contributed by atoms with Crippen LogP contribution in [-0.4, -0.2) is 35.6 Å². The summed E-state index contributed by atoms with van der Waals surface area (Å²) in [7, 11) is 3.69. The molecule has 0 aliphatic heterocycles. The van der Waals surface area contributed by atoms with E-state index >= 15 is 0 Å². The van der Waals surface area contributed by atoms with Crippen LogP contribution in [0.5, 0.6) is 0 Å². The number of nitrogens with one attached hydrogen (secondary N) is 1. The summed E-state index contributed by atoms with van der Waals surface area (Å²) >= 11 is 7.60. The Bertz CT molecular complexity index is 502. The Morgan fingerprint density at radius 3 is 2.89 bits per heavy atom. The van der Waals surface area contributed by atoms with Gasteiger partial charge in [0.15, 0.2) is 0 Å². The lowest BCUT2D eigenvalue weighted by Gasteiger charge is -2.16. The Morgan fingerprint density at radius 2 is 2.22 bits per heavy atom. The lowest BCUT2D eigenvalue weighted by atomic mass is 10.3. The molecule has 0 radical (unpaired) electrons. The second-order valence-corrected chi connectivity index (χ2v) is 5.10. The first-order valence-electron chi connectivity index (χ1n) is 5.52. The summed E-state index contributed by atoms with van der Waals surface area (Å²) in [6.45, 7) is 0.837. The quantitative estimate of drug-likeness (QED) is 0.913. The van der Waals surface area contributed by atoms with E-state index < -0.39 is 0 Å². The molecule has 0 fully saturated rings. The molecule has 5 nitrogen and oxygen atoms in total. The van der Waals surface area contributed by atoms with Crippen LogP contribution in [0.3, 0.4) is 0 Å². The van der Waals surface area contributed by atoms with Crippen molar-refractivity contribution in [3.05, 3.63) is 27.7 Å². The number of hydrogen-bond acceptors (Lipinski definition) is 6. The molecule has 2 aromatic heterocycles. The fourth-order valence-electron chi connectivity index (χ4n) is 1.45. The lowest BCUT2D eigenvalue weighted by Crippen LogP contribution is -2.23. The fourth-order valence-corrected chi connectivity index (χ4v) is 2.31. The Balaban J connectivity index is 2.03.